The van der Waals surface area contributed by atoms with Gasteiger partial charge in [0.25, 0.3) is 0 Å². The first kappa shape index (κ1) is 20.3. The van der Waals surface area contributed by atoms with Crippen LogP contribution in [0.5, 0.6) is 0 Å². The van der Waals surface area contributed by atoms with Crippen molar-refractivity contribution < 1.29 is 28.3 Å². The zero-order valence-corrected chi connectivity index (χ0v) is 17.3. The van der Waals surface area contributed by atoms with Gasteiger partial charge in [-0.1, -0.05) is 18.2 Å². The summed E-state index contributed by atoms with van der Waals surface area (Å²) >= 11 is 0. The lowest BCUT2D eigenvalue weighted by atomic mass is 9.85. The normalized spacial score (nSPS) is 25.4. The van der Waals surface area contributed by atoms with Gasteiger partial charge in [0.1, 0.15) is 5.82 Å². The molecule has 0 unspecified atom stereocenters. The van der Waals surface area contributed by atoms with Gasteiger partial charge in [0, 0.05) is 5.56 Å². The molecule has 2 fully saturated rings. The Balaban J connectivity index is 1.33. The van der Waals surface area contributed by atoms with Crippen molar-refractivity contribution in [2.75, 3.05) is 11.5 Å². The Labute approximate surface area is 183 Å². The van der Waals surface area contributed by atoms with Gasteiger partial charge in [0.2, 0.25) is 11.8 Å². The van der Waals surface area contributed by atoms with Crippen molar-refractivity contribution in [3.05, 3.63) is 77.1 Å². The van der Waals surface area contributed by atoms with Gasteiger partial charge in [-0.25, -0.2) is 14.1 Å². The van der Waals surface area contributed by atoms with E-state index >= 15 is 0 Å². The molecule has 1 saturated carbocycles. The Hall–Kier alpha value is -3.61. The van der Waals surface area contributed by atoms with Crippen molar-refractivity contribution in [3.8, 4) is 0 Å². The topological polar surface area (TPSA) is 80.8 Å². The SMILES string of the molecule is Cc1ccc(C(=O)OCC(=O)c2ccc(F)cc2)cc1N1C(=O)[C@@H]2[C@@H](C1=O)[C@H]1C=C[C@H]2C1. The molecule has 162 valence electrons. The molecule has 2 bridgehead atoms. The second-order valence-electron chi connectivity index (χ2n) is 8.52. The van der Waals surface area contributed by atoms with Gasteiger partial charge in [0.15, 0.2) is 12.4 Å². The molecule has 0 aromatic heterocycles. The number of amides is 2. The summed E-state index contributed by atoms with van der Waals surface area (Å²) in [5, 5.41) is 0. The summed E-state index contributed by atoms with van der Waals surface area (Å²) in [6.07, 6.45) is 4.90. The highest BCUT2D eigenvalue weighted by Gasteiger charge is 2.59. The van der Waals surface area contributed by atoms with E-state index in [1.165, 1.54) is 29.2 Å². The molecule has 1 heterocycles. The average Bonchev–Trinajstić information content (AvgIpc) is 3.47. The lowest BCUT2D eigenvalue weighted by molar-refractivity contribution is -0.123. The first-order chi connectivity index (χ1) is 15.3. The van der Waals surface area contributed by atoms with Crippen LogP contribution in [-0.4, -0.2) is 30.2 Å². The molecule has 1 saturated heterocycles. The van der Waals surface area contributed by atoms with E-state index in [2.05, 4.69) is 0 Å². The molecule has 7 heteroatoms. The summed E-state index contributed by atoms with van der Waals surface area (Å²) in [5.41, 5.74) is 1.42. The monoisotopic (exact) mass is 433 g/mol. The highest BCUT2D eigenvalue weighted by atomic mass is 19.1. The van der Waals surface area contributed by atoms with Gasteiger partial charge >= 0.3 is 5.97 Å². The molecule has 4 atom stereocenters. The first-order valence-corrected chi connectivity index (χ1v) is 10.5. The van der Waals surface area contributed by atoms with E-state index in [4.69, 9.17) is 4.74 Å². The quantitative estimate of drug-likeness (QED) is 0.312. The number of hydrogen-bond acceptors (Lipinski definition) is 5. The fraction of sp³-hybridized carbons (Fsp3) is 0.280. The largest absolute Gasteiger partial charge is 0.454 e. The van der Waals surface area contributed by atoms with Crippen molar-refractivity contribution in [3.63, 3.8) is 0 Å². The number of ether oxygens (including phenoxy) is 1. The molecule has 2 aromatic rings. The van der Waals surface area contributed by atoms with E-state index in [1.807, 2.05) is 12.2 Å². The number of ketones is 1. The number of Topliss-reactive ketones (excluding diaryl/α,β-unsaturated/α-hetero) is 1. The minimum Gasteiger partial charge on any atom is -0.454 e. The zero-order valence-electron chi connectivity index (χ0n) is 17.3. The van der Waals surface area contributed by atoms with Gasteiger partial charge in [-0.3, -0.25) is 14.4 Å². The summed E-state index contributed by atoms with van der Waals surface area (Å²) in [6, 6.07) is 9.59. The second-order valence-corrected chi connectivity index (χ2v) is 8.52. The zero-order chi connectivity index (χ0) is 22.6. The summed E-state index contributed by atoms with van der Waals surface area (Å²) < 4.78 is 18.1. The summed E-state index contributed by atoms with van der Waals surface area (Å²) in [7, 11) is 0. The van der Waals surface area contributed by atoms with Crippen molar-refractivity contribution >= 4 is 29.3 Å². The lowest BCUT2D eigenvalue weighted by Crippen LogP contribution is -2.33. The third-order valence-electron chi connectivity index (χ3n) is 6.66. The van der Waals surface area contributed by atoms with Crippen LogP contribution in [0.4, 0.5) is 10.1 Å². The number of rotatable bonds is 5. The molecule has 0 N–H and O–H groups in total. The first-order valence-electron chi connectivity index (χ1n) is 10.5. The van der Waals surface area contributed by atoms with E-state index in [9.17, 15) is 23.6 Å². The Bertz CT molecular complexity index is 1160. The van der Waals surface area contributed by atoms with Gasteiger partial charge in [-0.05, 0) is 67.1 Å². The molecule has 5 rings (SSSR count). The fourth-order valence-corrected chi connectivity index (χ4v) is 5.05. The molecule has 32 heavy (non-hydrogen) atoms. The summed E-state index contributed by atoms with van der Waals surface area (Å²) in [5.74, 6) is -2.61. The van der Waals surface area contributed by atoms with Crippen molar-refractivity contribution in [1.82, 2.24) is 0 Å². The van der Waals surface area contributed by atoms with Crippen molar-refractivity contribution in [2.24, 2.45) is 23.7 Å². The van der Waals surface area contributed by atoms with E-state index < -0.39 is 24.2 Å². The molecule has 0 spiro atoms. The molecular weight excluding hydrogens is 413 g/mol. The van der Waals surface area contributed by atoms with Crippen molar-refractivity contribution in [2.45, 2.75) is 13.3 Å². The van der Waals surface area contributed by atoms with Crippen LogP contribution in [0.1, 0.15) is 32.7 Å². The minimum atomic E-state index is -0.747. The fourth-order valence-electron chi connectivity index (χ4n) is 5.05. The third-order valence-corrected chi connectivity index (χ3v) is 6.66. The number of hydrogen-bond donors (Lipinski definition) is 0. The standard InChI is InChI=1S/C25H20FNO5/c1-13-2-3-17(25(31)32-12-20(28)14-6-8-18(26)9-7-14)11-19(13)27-23(29)21-15-4-5-16(10-15)22(21)24(27)30/h2-9,11,15-16,21-22H,10,12H2,1H3/t15-,16-,21-,22-/m0/s1. The molecule has 2 aromatic carbocycles. The van der Waals surface area contributed by atoms with E-state index in [-0.39, 0.29) is 46.6 Å². The maximum Gasteiger partial charge on any atom is 0.338 e. The van der Waals surface area contributed by atoms with Crippen LogP contribution in [0.25, 0.3) is 0 Å². The number of fused-ring (bicyclic) bond motifs is 5. The molecule has 3 aliphatic rings. The Morgan fingerprint density at radius 1 is 0.969 bits per heavy atom. The number of halogens is 1. The number of carbonyl (C=O) groups excluding carboxylic acids is 4. The predicted octanol–water partition coefficient (Wildman–Crippen LogP) is 3.49. The van der Waals surface area contributed by atoms with Gasteiger partial charge in [-0.2, -0.15) is 0 Å². The van der Waals surface area contributed by atoms with E-state index in [0.717, 1.165) is 18.6 Å². The molecule has 6 nitrogen and oxygen atoms in total. The smallest absolute Gasteiger partial charge is 0.338 e. The number of esters is 1. The highest BCUT2D eigenvalue weighted by Crippen LogP contribution is 2.53. The predicted molar refractivity (Wildman–Crippen MR) is 112 cm³/mol. The molecule has 0 radical (unpaired) electrons. The van der Waals surface area contributed by atoms with Crippen LogP contribution in [0.15, 0.2) is 54.6 Å². The Morgan fingerprint density at radius 2 is 1.56 bits per heavy atom. The van der Waals surface area contributed by atoms with Crippen molar-refractivity contribution in [1.29, 1.82) is 0 Å². The van der Waals surface area contributed by atoms with Crippen LogP contribution >= 0.6 is 0 Å². The van der Waals surface area contributed by atoms with Crippen LogP contribution < -0.4 is 4.90 Å². The van der Waals surface area contributed by atoms with Crippen LogP contribution in [0.3, 0.4) is 0 Å². The molecule has 1 aliphatic heterocycles. The molecular formula is C25H20FNO5. The van der Waals surface area contributed by atoms with E-state index in [1.54, 1.807) is 13.0 Å². The summed E-state index contributed by atoms with van der Waals surface area (Å²) in [4.78, 5) is 52.1. The van der Waals surface area contributed by atoms with Gasteiger partial charge in [0.05, 0.1) is 23.1 Å². The lowest BCUT2D eigenvalue weighted by Gasteiger charge is -2.20. The highest BCUT2D eigenvalue weighted by molar-refractivity contribution is 6.23. The maximum atomic E-state index is 13.1. The van der Waals surface area contributed by atoms with E-state index in [0.29, 0.717) is 11.3 Å². The number of nitrogens with zero attached hydrogens (tertiary/aromatic N) is 1. The molecule has 2 amide bonds. The number of imide groups is 1. The van der Waals surface area contributed by atoms with Crippen LogP contribution in [0, 0.1) is 36.4 Å². The summed E-state index contributed by atoms with van der Waals surface area (Å²) in [6.45, 7) is 1.26. The average molecular weight is 433 g/mol. The number of carbonyl (C=O) groups is 4. The number of allylic oxidation sites excluding steroid dienone is 2. The van der Waals surface area contributed by atoms with Gasteiger partial charge < -0.3 is 4.74 Å². The van der Waals surface area contributed by atoms with Crippen LogP contribution in [0.2, 0.25) is 0 Å². The van der Waals surface area contributed by atoms with Crippen LogP contribution in [-0.2, 0) is 14.3 Å². The second kappa shape index (κ2) is 7.51. The number of benzene rings is 2. The number of aryl methyl sites for hydroxylation is 1. The third kappa shape index (κ3) is 3.16. The van der Waals surface area contributed by atoms with Gasteiger partial charge in [-0.15, -0.1) is 0 Å². The minimum absolute atomic E-state index is 0.0948. The molecule has 2 aliphatic carbocycles. The number of anilines is 1. The maximum absolute atomic E-state index is 13.1. The Morgan fingerprint density at radius 3 is 2.19 bits per heavy atom. The Kier molecular flexibility index (Phi) is 4.77.